The summed E-state index contributed by atoms with van der Waals surface area (Å²) in [4.78, 5) is 14.8. The number of rotatable bonds is 4. The Kier molecular flexibility index (Phi) is 4.48. The average molecular weight is 290 g/mol. The number of pyridine rings is 1. The highest BCUT2D eigenvalue weighted by molar-refractivity contribution is 9.10. The first-order valence-electron chi connectivity index (χ1n) is 4.44. The molecule has 1 N–H and O–H groups in total. The maximum Gasteiger partial charge on any atom is 0.337 e. The molecule has 0 amide bonds. The maximum absolute atomic E-state index is 13.3. The Balaban J connectivity index is 3.07. The van der Waals surface area contributed by atoms with E-state index in [1.165, 1.54) is 12.3 Å². The Morgan fingerprint density at radius 2 is 2.50 bits per heavy atom. The van der Waals surface area contributed by atoms with Crippen LogP contribution in [0.5, 0.6) is 0 Å². The van der Waals surface area contributed by atoms with Gasteiger partial charge in [-0.05, 0) is 28.9 Å². The minimum absolute atomic E-state index is 0.0807. The van der Waals surface area contributed by atoms with E-state index in [9.17, 15) is 9.18 Å². The molecule has 7 heteroatoms. The van der Waals surface area contributed by atoms with Crippen LogP contribution in [0.15, 0.2) is 21.9 Å². The van der Waals surface area contributed by atoms with Crippen LogP contribution in [0.25, 0.3) is 0 Å². The molecule has 86 valence electrons. The third kappa shape index (κ3) is 2.82. The highest BCUT2D eigenvalue weighted by atomic mass is 79.9. The lowest BCUT2D eigenvalue weighted by Crippen LogP contribution is -2.15. The number of ether oxygens (including phenoxy) is 1. The first-order chi connectivity index (χ1) is 7.60. The summed E-state index contributed by atoms with van der Waals surface area (Å²) in [5, 5.41) is 3.05. The average Bonchev–Trinajstić information content (AvgIpc) is 2.24. The molecule has 5 nitrogen and oxygen atoms in total. The number of halogens is 2. The van der Waals surface area contributed by atoms with Crippen molar-refractivity contribution in [2.24, 2.45) is 5.11 Å². The molecule has 1 unspecified atom stereocenters. The van der Waals surface area contributed by atoms with E-state index in [4.69, 9.17) is 5.53 Å². The Morgan fingerprint density at radius 3 is 3.06 bits per heavy atom. The van der Waals surface area contributed by atoms with Crippen molar-refractivity contribution in [3.05, 3.63) is 28.2 Å². The summed E-state index contributed by atoms with van der Waals surface area (Å²) in [5.74, 6) is -1.60. The van der Waals surface area contributed by atoms with Gasteiger partial charge in [0, 0.05) is 16.2 Å². The molecule has 1 aromatic rings. The molecule has 0 saturated heterocycles. The van der Waals surface area contributed by atoms with Crippen molar-refractivity contribution in [1.82, 2.24) is 4.98 Å². The number of nitrogens with zero attached hydrogens (tertiary/aromatic N) is 2. The fourth-order valence-electron chi connectivity index (χ4n) is 1.10. The Bertz CT molecular complexity index is 414. The van der Waals surface area contributed by atoms with Crippen LogP contribution in [0.1, 0.15) is 18.5 Å². The van der Waals surface area contributed by atoms with E-state index in [0.717, 1.165) is 0 Å². The molecule has 0 saturated carbocycles. The van der Waals surface area contributed by atoms with Gasteiger partial charge in [-0.3, -0.25) is 0 Å². The highest BCUT2D eigenvalue weighted by Gasteiger charge is 2.25. The van der Waals surface area contributed by atoms with Crippen molar-refractivity contribution >= 4 is 21.9 Å². The lowest BCUT2D eigenvalue weighted by Gasteiger charge is -2.10. The van der Waals surface area contributed by atoms with E-state index >= 15 is 0 Å². The predicted octanol–water partition coefficient (Wildman–Crippen LogP) is 2.62. The van der Waals surface area contributed by atoms with E-state index in [2.05, 4.69) is 30.8 Å². The number of aromatic nitrogens is 1. The van der Waals surface area contributed by atoms with Gasteiger partial charge in [-0.1, -0.05) is 0 Å². The van der Waals surface area contributed by atoms with Crippen LogP contribution in [0.2, 0.25) is 0 Å². The minimum atomic E-state index is -1.30. The van der Waals surface area contributed by atoms with Gasteiger partial charge in [0.1, 0.15) is 0 Å². The number of nitrogens with one attached hydrogen (secondary N) is 1. The largest absolute Gasteiger partial charge is 0.464 e. The van der Waals surface area contributed by atoms with Gasteiger partial charge < -0.3 is 4.74 Å². The molecule has 0 aliphatic carbocycles. The van der Waals surface area contributed by atoms with Crippen molar-refractivity contribution in [1.29, 1.82) is 5.53 Å². The number of esters is 1. The summed E-state index contributed by atoms with van der Waals surface area (Å²) < 4.78 is 18.5. The third-order valence-corrected chi connectivity index (χ3v) is 2.20. The molecule has 16 heavy (non-hydrogen) atoms. The molecule has 0 spiro atoms. The van der Waals surface area contributed by atoms with Gasteiger partial charge in [-0.2, -0.15) is 9.50 Å². The fourth-order valence-corrected chi connectivity index (χ4v) is 1.45. The van der Waals surface area contributed by atoms with E-state index < -0.39 is 18.0 Å². The Labute approximate surface area is 99.7 Å². The van der Waals surface area contributed by atoms with Gasteiger partial charge in [0.05, 0.1) is 6.61 Å². The summed E-state index contributed by atoms with van der Waals surface area (Å²) in [6.45, 7) is 1.77. The van der Waals surface area contributed by atoms with Gasteiger partial charge in [0.15, 0.2) is 6.04 Å². The van der Waals surface area contributed by atoms with Crippen molar-refractivity contribution in [3.63, 3.8) is 0 Å². The zero-order chi connectivity index (χ0) is 12.1. The lowest BCUT2D eigenvalue weighted by atomic mass is 10.1. The molecule has 1 rings (SSSR count). The lowest BCUT2D eigenvalue weighted by molar-refractivity contribution is -0.145. The molecule has 1 aromatic heterocycles. The van der Waals surface area contributed by atoms with Crippen molar-refractivity contribution < 1.29 is 13.9 Å². The van der Waals surface area contributed by atoms with Crippen molar-refractivity contribution in [3.8, 4) is 0 Å². The number of carbonyl (C=O) groups is 1. The summed E-state index contributed by atoms with van der Waals surface area (Å²) in [5.41, 5.74) is 6.81. The van der Waals surface area contributed by atoms with Crippen LogP contribution in [0, 0.1) is 11.5 Å². The van der Waals surface area contributed by atoms with E-state index in [-0.39, 0.29) is 12.2 Å². The smallest absolute Gasteiger partial charge is 0.337 e. The van der Waals surface area contributed by atoms with Gasteiger partial charge in [-0.15, -0.1) is 0 Å². The molecule has 1 heterocycles. The van der Waals surface area contributed by atoms with Crippen LogP contribution in [0.4, 0.5) is 4.39 Å². The number of hydrogen-bond donors (Lipinski definition) is 1. The van der Waals surface area contributed by atoms with Gasteiger partial charge in [0.2, 0.25) is 5.95 Å². The molecular weight excluding hydrogens is 281 g/mol. The first kappa shape index (κ1) is 12.7. The minimum Gasteiger partial charge on any atom is -0.464 e. The molecule has 0 aliphatic heterocycles. The van der Waals surface area contributed by atoms with Gasteiger partial charge in [-0.25, -0.2) is 15.3 Å². The van der Waals surface area contributed by atoms with Gasteiger partial charge in [0.25, 0.3) is 0 Å². The summed E-state index contributed by atoms with van der Waals surface area (Å²) in [6, 6.07) is 0.0482. The predicted molar refractivity (Wildman–Crippen MR) is 56.4 cm³/mol. The molecule has 0 aliphatic rings. The molecule has 0 radical (unpaired) electrons. The van der Waals surface area contributed by atoms with Crippen LogP contribution in [-0.4, -0.2) is 17.6 Å². The first-order valence-corrected chi connectivity index (χ1v) is 5.23. The van der Waals surface area contributed by atoms with Crippen molar-refractivity contribution in [2.45, 2.75) is 13.0 Å². The second-order valence-corrected chi connectivity index (χ2v) is 3.73. The SMILES string of the molecule is CCOC(=O)C(N=N)c1cc(Br)cnc1F. The fraction of sp³-hybridized carbons (Fsp3) is 0.333. The molecule has 0 fully saturated rings. The standard InChI is InChI=1S/C9H9BrFN3O2/c1-2-16-9(15)7(14-12)6-3-5(10)4-13-8(6)11/h3-4,7,12H,2H2,1H3. The maximum atomic E-state index is 13.3. The summed E-state index contributed by atoms with van der Waals surface area (Å²) >= 11 is 3.10. The second-order valence-electron chi connectivity index (χ2n) is 2.82. The van der Waals surface area contributed by atoms with Crippen LogP contribution in [0.3, 0.4) is 0 Å². The molecule has 1 atom stereocenters. The van der Waals surface area contributed by atoms with E-state index in [1.807, 2.05) is 0 Å². The monoisotopic (exact) mass is 289 g/mol. The van der Waals surface area contributed by atoms with Crippen LogP contribution < -0.4 is 0 Å². The molecular formula is C9H9BrFN3O2. The Hall–Kier alpha value is -1.37. The highest BCUT2D eigenvalue weighted by Crippen LogP contribution is 2.23. The van der Waals surface area contributed by atoms with E-state index in [1.54, 1.807) is 6.92 Å². The molecule has 0 aromatic carbocycles. The Morgan fingerprint density at radius 1 is 1.81 bits per heavy atom. The second kappa shape index (κ2) is 5.64. The van der Waals surface area contributed by atoms with E-state index in [0.29, 0.717) is 4.47 Å². The molecule has 0 bridgehead atoms. The summed E-state index contributed by atoms with van der Waals surface area (Å²) in [7, 11) is 0. The quantitative estimate of drug-likeness (QED) is 0.526. The van der Waals surface area contributed by atoms with Crippen LogP contribution >= 0.6 is 15.9 Å². The third-order valence-electron chi connectivity index (χ3n) is 1.77. The van der Waals surface area contributed by atoms with Gasteiger partial charge >= 0.3 is 5.97 Å². The number of carbonyl (C=O) groups excluding carboxylic acids is 1. The normalized spacial score (nSPS) is 11.9. The van der Waals surface area contributed by atoms with Crippen LogP contribution in [-0.2, 0) is 9.53 Å². The number of hydrogen-bond acceptors (Lipinski definition) is 5. The zero-order valence-electron chi connectivity index (χ0n) is 8.41. The zero-order valence-corrected chi connectivity index (χ0v) is 9.99. The van der Waals surface area contributed by atoms with Crippen molar-refractivity contribution in [2.75, 3.05) is 6.61 Å². The topological polar surface area (TPSA) is 75.4 Å². The summed E-state index contributed by atoms with van der Waals surface area (Å²) in [6.07, 6.45) is 1.25.